The minimum absolute atomic E-state index is 0.0602. The van der Waals surface area contributed by atoms with Gasteiger partial charge in [-0.15, -0.1) is 0 Å². The predicted molar refractivity (Wildman–Crippen MR) is 64.1 cm³/mol. The maximum Gasteiger partial charge on any atom is 0.251 e. The molecule has 1 heterocycles. The van der Waals surface area contributed by atoms with E-state index in [0.717, 1.165) is 24.2 Å². The molecule has 1 aromatic carbocycles. The first kappa shape index (κ1) is 11.9. The maximum atomic E-state index is 11.7. The van der Waals surface area contributed by atoms with Crippen LogP contribution in [0.1, 0.15) is 15.9 Å². The number of nitrogens with one attached hydrogen (secondary N) is 2. The molecule has 4 N–H and O–H groups in total. The van der Waals surface area contributed by atoms with Crippen LogP contribution in [0, 0.1) is 0 Å². The fourth-order valence-electron chi connectivity index (χ4n) is 1.82. The van der Waals surface area contributed by atoms with Crippen LogP contribution >= 0.6 is 0 Å². The molecule has 0 spiro atoms. The summed E-state index contributed by atoms with van der Waals surface area (Å²) in [6.45, 7) is 0.614. The lowest BCUT2D eigenvalue weighted by atomic mass is 10.1. The van der Waals surface area contributed by atoms with Gasteiger partial charge in [-0.25, -0.2) is 0 Å². The second kappa shape index (κ2) is 5.16. The third-order valence-electron chi connectivity index (χ3n) is 2.79. The Labute approximate surface area is 99.5 Å². The van der Waals surface area contributed by atoms with Crippen LogP contribution in [0.15, 0.2) is 18.2 Å². The SMILES string of the molecule is O=C(NCC(O)CO)c1ccc2c(c1)CCN2. The minimum atomic E-state index is -0.907. The number of aliphatic hydroxyl groups is 2. The van der Waals surface area contributed by atoms with Crippen molar-refractivity contribution in [2.45, 2.75) is 12.5 Å². The van der Waals surface area contributed by atoms with Gasteiger partial charge in [0.2, 0.25) is 0 Å². The van der Waals surface area contributed by atoms with Crippen molar-refractivity contribution in [3.8, 4) is 0 Å². The third-order valence-corrected chi connectivity index (χ3v) is 2.79. The number of aliphatic hydroxyl groups excluding tert-OH is 2. The van der Waals surface area contributed by atoms with Crippen LogP contribution in [-0.2, 0) is 6.42 Å². The van der Waals surface area contributed by atoms with Crippen molar-refractivity contribution in [2.24, 2.45) is 0 Å². The van der Waals surface area contributed by atoms with Crippen molar-refractivity contribution in [3.63, 3.8) is 0 Å². The van der Waals surface area contributed by atoms with Gasteiger partial charge in [-0.1, -0.05) is 0 Å². The zero-order valence-corrected chi connectivity index (χ0v) is 9.44. The maximum absolute atomic E-state index is 11.7. The average molecular weight is 236 g/mol. The van der Waals surface area contributed by atoms with Crippen LogP contribution in [-0.4, -0.2) is 41.9 Å². The smallest absolute Gasteiger partial charge is 0.251 e. The highest BCUT2D eigenvalue weighted by Gasteiger charge is 2.13. The summed E-state index contributed by atoms with van der Waals surface area (Å²) in [5, 5.41) is 23.6. The molecule has 5 heteroatoms. The molecule has 1 atom stereocenters. The number of carbonyl (C=O) groups excluding carboxylic acids is 1. The van der Waals surface area contributed by atoms with Crippen LogP contribution in [0.2, 0.25) is 0 Å². The molecule has 92 valence electrons. The second-order valence-electron chi connectivity index (χ2n) is 4.10. The van der Waals surface area contributed by atoms with Gasteiger partial charge in [-0.2, -0.15) is 0 Å². The Hall–Kier alpha value is -1.59. The van der Waals surface area contributed by atoms with E-state index in [1.54, 1.807) is 6.07 Å². The molecule has 0 aliphatic carbocycles. The van der Waals surface area contributed by atoms with Gasteiger partial charge in [-0.3, -0.25) is 4.79 Å². The first-order valence-electron chi connectivity index (χ1n) is 5.64. The molecular formula is C12H16N2O3. The summed E-state index contributed by atoms with van der Waals surface area (Å²) in [5.41, 5.74) is 2.80. The number of hydrogen-bond acceptors (Lipinski definition) is 4. The van der Waals surface area contributed by atoms with E-state index in [-0.39, 0.29) is 19.1 Å². The molecule has 0 bridgehead atoms. The quantitative estimate of drug-likeness (QED) is 0.580. The van der Waals surface area contributed by atoms with E-state index in [1.807, 2.05) is 12.1 Å². The first-order valence-corrected chi connectivity index (χ1v) is 5.64. The summed E-state index contributed by atoms with van der Waals surface area (Å²) in [5.74, 6) is -0.229. The Morgan fingerprint density at radius 2 is 2.35 bits per heavy atom. The van der Waals surface area contributed by atoms with E-state index in [1.165, 1.54) is 0 Å². The summed E-state index contributed by atoms with van der Waals surface area (Å²) in [6.07, 6.45) is 0.0189. The number of amides is 1. The highest BCUT2D eigenvalue weighted by Crippen LogP contribution is 2.22. The predicted octanol–water partition coefficient (Wildman–Crippen LogP) is -0.262. The van der Waals surface area contributed by atoms with Gasteiger partial charge >= 0.3 is 0 Å². The molecule has 1 aromatic rings. The lowest BCUT2D eigenvalue weighted by molar-refractivity contribution is 0.0802. The summed E-state index contributed by atoms with van der Waals surface area (Å²) in [6, 6.07) is 5.49. The molecule has 1 aliphatic heterocycles. The Balaban J connectivity index is 2.00. The molecule has 0 saturated heterocycles. The van der Waals surface area contributed by atoms with E-state index in [0.29, 0.717) is 5.56 Å². The first-order chi connectivity index (χ1) is 8.20. The van der Waals surface area contributed by atoms with Gasteiger partial charge in [0.25, 0.3) is 5.91 Å². The Morgan fingerprint density at radius 1 is 1.53 bits per heavy atom. The molecule has 17 heavy (non-hydrogen) atoms. The van der Waals surface area contributed by atoms with Gasteiger partial charge in [0.05, 0.1) is 12.7 Å². The molecule has 5 nitrogen and oxygen atoms in total. The fourth-order valence-corrected chi connectivity index (χ4v) is 1.82. The van der Waals surface area contributed by atoms with Crippen molar-refractivity contribution in [3.05, 3.63) is 29.3 Å². The summed E-state index contributed by atoms with van der Waals surface area (Å²) >= 11 is 0. The Kier molecular flexibility index (Phi) is 3.61. The molecule has 0 fully saturated rings. The highest BCUT2D eigenvalue weighted by atomic mass is 16.3. The zero-order chi connectivity index (χ0) is 12.3. The van der Waals surface area contributed by atoms with Crippen molar-refractivity contribution in [2.75, 3.05) is 25.0 Å². The zero-order valence-electron chi connectivity index (χ0n) is 9.44. The van der Waals surface area contributed by atoms with Crippen molar-refractivity contribution < 1.29 is 15.0 Å². The third kappa shape index (κ3) is 2.75. The van der Waals surface area contributed by atoms with Crippen LogP contribution in [0.4, 0.5) is 5.69 Å². The minimum Gasteiger partial charge on any atom is -0.394 e. The van der Waals surface area contributed by atoms with Gasteiger partial charge < -0.3 is 20.8 Å². The van der Waals surface area contributed by atoms with Crippen LogP contribution in [0.25, 0.3) is 0 Å². The van der Waals surface area contributed by atoms with E-state index >= 15 is 0 Å². The summed E-state index contributed by atoms with van der Waals surface area (Å²) in [4.78, 5) is 11.7. The summed E-state index contributed by atoms with van der Waals surface area (Å²) in [7, 11) is 0. The van der Waals surface area contributed by atoms with Crippen molar-refractivity contribution >= 4 is 11.6 Å². The Bertz CT molecular complexity index is 420. The highest BCUT2D eigenvalue weighted by molar-refractivity contribution is 5.95. The van der Waals surface area contributed by atoms with Gasteiger partial charge in [0.15, 0.2) is 0 Å². The molecule has 1 unspecified atom stereocenters. The van der Waals surface area contributed by atoms with Crippen molar-refractivity contribution in [1.82, 2.24) is 5.32 Å². The number of anilines is 1. The van der Waals surface area contributed by atoms with Gasteiger partial charge in [-0.05, 0) is 30.2 Å². The second-order valence-corrected chi connectivity index (χ2v) is 4.10. The topological polar surface area (TPSA) is 81.6 Å². The molecule has 1 aliphatic rings. The molecular weight excluding hydrogens is 220 g/mol. The number of hydrogen-bond donors (Lipinski definition) is 4. The van der Waals surface area contributed by atoms with E-state index in [4.69, 9.17) is 10.2 Å². The Morgan fingerprint density at radius 3 is 3.12 bits per heavy atom. The lowest BCUT2D eigenvalue weighted by Crippen LogP contribution is -2.33. The number of rotatable bonds is 4. The lowest BCUT2D eigenvalue weighted by Gasteiger charge is -2.09. The van der Waals surface area contributed by atoms with E-state index in [9.17, 15) is 4.79 Å². The normalized spacial score (nSPS) is 14.9. The van der Waals surface area contributed by atoms with Crippen molar-refractivity contribution in [1.29, 1.82) is 0 Å². The largest absolute Gasteiger partial charge is 0.394 e. The van der Waals surface area contributed by atoms with E-state index < -0.39 is 6.10 Å². The van der Waals surface area contributed by atoms with E-state index in [2.05, 4.69) is 10.6 Å². The number of fused-ring (bicyclic) bond motifs is 1. The van der Waals surface area contributed by atoms with Crippen LogP contribution < -0.4 is 10.6 Å². The molecule has 0 saturated carbocycles. The standard InChI is InChI=1S/C12H16N2O3/c15-7-10(16)6-14-12(17)9-1-2-11-8(5-9)3-4-13-11/h1-2,5,10,13,15-16H,3-4,6-7H2,(H,14,17). The van der Waals surface area contributed by atoms with Gasteiger partial charge in [0, 0.05) is 24.3 Å². The number of benzene rings is 1. The molecule has 1 amide bonds. The average Bonchev–Trinajstić information content (AvgIpc) is 2.82. The molecule has 2 rings (SSSR count). The van der Waals surface area contributed by atoms with Crippen LogP contribution in [0.3, 0.4) is 0 Å². The molecule has 0 aromatic heterocycles. The molecule has 0 radical (unpaired) electrons. The van der Waals surface area contributed by atoms with Crippen LogP contribution in [0.5, 0.6) is 0 Å². The fraction of sp³-hybridized carbons (Fsp3) is 0.417. The number of carbonyl (C=O) groups is 1. The summed E-state index contributed by atoms with van der Waals surface area (Å²) < 4.78 is 0. The monoisotopic (exact) mass is 236 g/mol. The van der Waals surface area contributed by atoms with Gasteiger partial charge in [0.1, 0.15) is 0 Å².